The highest BCUT2D eigenvalue weighted by molar-refractivity contribution is 9.10. The van der Waals surface area contributed by atoms with Crippen LogP contribution in [0.25, 0.3) is 0 Å². The van der Waals surface area contributed by atoms with Crippen molar-refractivity contribution in [1.29, 1.82) is 0 Å². The van der Waals surface area contributed by atoms with Gasteiger partial charge >= 0.3 is 0 Å². The smallest absolute Gasteiger partial charge is 0.137 e. The number of benzene rings is 1. The third kappa shape index (κ3) is 4.25. The molecule has 0 spiro atoms. The Morgan fingerprint density at radius 2 is 2.00 bits per heavy atom. The Kier molecular flexibility index (Phi) is 5.70. The zero-order valence-corrected chi connectivity index (χ0v) is 13.7. The lowest BCUT2D eigenvalue weighted by molar-refractivity contribution is 0.338. The van der Waals surface area contributed by atoms with Crippen LogP contribution in [0.5, 0.6) is 5.75 Å². The minimum absolute atomic E-state index is 0.130. The number of rotatable bonds is 6. The molecule has 0 aliphatic carbocycles. The maximum atomic E-state index is 13.6. The minimum atomic E-state index is -0.267. The Hall–Kier alpha value is -1.46. The SMILES string of the molecule is CCNC(c1cc(F)cc(Br)c1)c1cncc(OCC)c1. The van der Waals surface area contributed by atoms with E-state index >= 15 is 0 Å². The molecule has 0 aliphatic rings. The first kappa shape index (κ1) is 15.9. The molecular weight excluding hydrogens is 335 g/mol. The topological polar surface area (TPSA) is 34.2 Å². The summed E-state index contributed by atoms with van der Waals surface area (Å²) in [5.41, 5.74) is 1.79. The Bertz CT molecular complexity index is 586. The first-order valence-electron chi connectivity index (χ1n) is 6.91. The second-order valence-corrected chi connectivity index (χ2v) is 5.50. The molecule has 1 heterocycles. The van der Waals surface area contributed by atoms with Crippen LogP contribution in [0, 0.1) is 5.82 Å². The van der Waals surface area contributed by atoms with Gasteiger partial charge in [0.15, 0.2) is 0 Å². The predicted molar refractivity (Wildman–Crippen MR) is 85.0 cm³/mol. The van der Waals surface area contributed by atoms with Crippen molar-refractivity contribution in [2.24, 2.45) is 0 Å². The molecule has 1 aromatic carbocycles. The van der Waals surface area contributed by atoms with Gasteiger partial charge in [0.05, 0.1) is 18.8 Å². The van der Waals surface area contributed by atoms with Crippen molar-refractivity contribution in [3.05, 3.63) is 58.1 Å². The molecule has 0 radical (unpaired) electrons. The van der Waals surface area contributed by atoms with E-state index < -0.39 is 0 Å². The van der Waals surface area contributed by atoms with Crippen LogP contribution in [0.1, 0.15) is 31.0 Å². The van der Waals surface area contributed by atoms with Crippen LogP contribution in [0.15, 0.2) is 41.1 Å². The van der Waals surface area contributed by atoms with Crippen molar-refractivity contribution in [3.8, 4) is 5.75 Å². The summed E-state index contributed by atoms with van der Waals surface area (Å²) in [6, 6.07) is 6.69. The van der Waals surface area contributed by atoms with Gasteiger partial charge in [-0.2, -0.15) is 0 Å². The lowest BCUT2D eigenvalue weighted by atomic mass is 10.00. The first-order valence-corrected chi connectivity index (χ1v) is 7.70. The molecule has 2 rings (SSSR count). The average molecular weight is 353 g/mol. The van der Waals surface area contributed by atoms with Crippen LogP contribution < -0.4 is 10.1 Å². The summed E-state index contributed by atoms with van der Waals surface area (Å²) in [7, 11) is 0. The predicted octanol–water partition coefficient (Wildman–Crippen LogP) is 4.08. The molecule has 112 valence electrons. The maximum absolute atomic E-state index is 13.6. The first-order chi connectivity index (χ1) is 10.1. The van der Waals surface area contributed by atoms with E-state index in [1.807, 2.05) is 26.0 Å². The Labute approximate surface area is 132 Å². The van der Waals surface area contributed by atoms with Gasteiger partial charge in [-0.15, -0.1) is 0 Å². The van der Waals surface area contributed by atoms with Gasteiger partial charge in [-0.05, 0) is 48.9 Å². The number of ether oxygens (including phenoxy) is 1. The molecule has 1 atom stereocenters. The van der Waals surface area contributed by atoms with E-state index in [1.54, 1.807) is 12.4 Å². The van der Waals surface area contributed by atoms with E-state index in [-0.39, 0.29) is 11.9 Å². The normalized spacial score (nSPS) is 12.2. The summed E-state index contributed by atoms with van der Waals surface area (Å²) in [6.07, 6.45) is 3.45. The highest BCUT2D eigenvalue weighted by atomic mass is 79.9. The van der Waals surface area contributed by atoms with Gasteiger partial charge in [-0.1, -0.05) is 22.9 Å². The van der Waals surface area contributed by atoms with E-state index in [9.17, 15) is 4.39 Å². The van der Waals surface area contributed by atoms with E-state index in [1.165, 1.54) is 12.1 Å². The highest BCUT2D eigenvalue weighted by Crippen LogP contribution is 2.27. The fraction of sp³-hybridized carbons (Fsp3) is 0.312. The molecule has 21 heavy (non-hydrogen) atoms. The van der Waals surface area contributed by atoms with Gasteiger partial charge in [0.2, 0.25) is 0 Å². The van der Waals surface area contributed by atoms with Crippen LogP contribution in [-0.4, -0.2) is 18.1 Å². The van der Waals surface area contributed by atoms with E-state index in [0.717, 1.165) is 17.7 Å². The number of nitrogens with one attached hydrogen (secondary N) is 1. The summed E-state index contributed by atoms with van der Waals surface area (Å²) in [5.74, 6) is 0.449. The average Bonchev–Trinajstić information content (AvgIpc) is 2.44. The van der Waals surface area contributed by atoms with Crippen LogP contribution in [0.3, 0.4) is 0 Å². The molecule has 5 heteroatoms. The number of aromatic nitrogens is 1. The number of hydrogen-bond acceptors (Lipinski definition) is 3. The van der Waals surface area contributed by atoms with Gasteiger partial charge in [-0.25, -0.2) is 4.39 Å². The Balaban J connectivity index is 2.40. The molecule has 0 bridgehead atoms. The lowest BCUT2D eigenvalue weighted by Gasteiger charge is -2.19. The lowest BCUT2D eigenvalue weighted by Crippen LogP contribution is -2.22. The van der Waals surface area contributed by atoms with Crippen molar-refractivity contribution in [3.63, 3.8) is 0 Å². The van der Waals surface area contributed by atoms with Gasteiger partial charge < -0.3 is 10.1 Å². The Morgan fingerprint density at radius 1 is 1.19 bits per heavy atom. The standard InChI is InChI=1S/C16H18BrFN2O/c1-3-20-16(11-5-13(17)8-14(18)6-11)12-7-15(21-4-2)10-19-9-12/h5-10,16,20H,3-4H2,1-2H3. The molecule has 0 saturated carbocycles. The van der Waals surface area contributed by atoms with E-state index in [4.69, 9.17) is 4.74 Å². The summed E-state index contributed by atoms with van der Waals surface area (Å²) >= 11 is 3.34. The zero-order chi connectivity index (χ0) is 15.2. The summed E-state index contributed by atoms with van der Waals surface area (Å²) < 4.78 is 19.8. The summed E-state index contributed by atoms with van der Waals surface area (Å²) in [5, 5.41) is 3.36. The molecule has 1 unspecified atom stereocenters. The highest BCUT2D eigenvalue weighted by Gasteiger charge is 2.15. The molecule has 1 N–H and O–H groups in total. The number of halogens is 2. The monoisotopic (exact) mass is 352 g/mol. The van der Waals surface area contributed by atoms with Crippen LogP contribution in [0.2, 0.25) is 0 Å². The van der Waals surface area contributed by atoms with Crippen LogP contribution in [-0.2, 0) is 0 Å². The molecule has 0 fully saturated rings. The van der Waals surface area contributed by atoms with E-state index in [0.29, 0.717) is 16.8 Å². The Morgan fingerprint density at radius 3 is 2.67 bits per heavy atom. The van der Waals surface area contributed by atoms with Gasteiger partial charge in [0, 0.05) is 10.7 Å². The molecule has 0 amide bonds. The fourth-order valence-corrected chi connectivity index (χ4v) is 2.70. The molecular formula is C16H18BrFN2O. The van der Waals surface area contributed by atoms with Crippen molar-refractivity contribution in [2.75, 3.05) is 13.2 Å². The van der Waals surface area contributed by atoms with Gasteiger partial charge in [-0.3, -0.25) is 4.98 Å². The maximum Gasteiger partial charge on any atom is 0.137 e. The number of hydrogen-bond donors (Lipinski definition) is 1. The van der Waals surface area contributed by atoms with Gasteiger partial charge in [0.25, 0.3) is 0 Å². The fourth-order valence-electron chi connectivity index (χ4n) is 2.21. The largest absolute Gasteiger partial charge is 0.492 e. The summed E-state index contributed by atoms with van der Waals surface area (Å²) in [6.45, 7) is 5.29. The van der Waals surface area contributed by atoms with Crippen LogP contribution in [0.4, 0.5) is 4.39 Å². The minimum Gasteiger partial charge on any atom is -0.492 e. The summed E-state index contributed by atoms with van der Waals surface area (Å²) in [4.78, 5) is 4.21. The third-order valence-electron chi connectivity index (χ3n) is 3.01. The van der Waals surface area contributed by atoms with Crippen molar-refractivity contribution in [2.45, 2.75) is 19.9 Å². The second kappa shape index (κ2) is 7.52. The van der Waals surface area contributed by atoms with Crippen molar-refractivity contribution >= 4 is 15.9 Å². The van der Waals surface area contributed by atoms with Gasteiger partial charge in [0.1, 0.15) is 11.6 Å². The molecule has 0 aliphatic heterocycles. The van der Waals surface area contributed by atoms with Crippen molar-refractivity contribution < 1.29 is 9.13 Å². The molecule has 1 aromatic heterocycles. The van der Waals surface area contributed by atoms with Crippen LogP contribution >= 0.6 is 15.9 Å². The number of nitrogens with zero attached hydrogens (tertiary/aromatic N) is 1. The molecule has 3 nitrogen and oxygen atoms in total. The van der Waals surface area contributed by atoms with E-state index in [2.05, 4.69) is 26.2 Å². The number of pyridine rings is 1. The second-order valence-electron chi connectivity index (χ2n) is 4.58. The van der Waals surface area contributed by atoms with Crippen molar-refractivity contribution in [1.82, 2.24) is 10.3 Å². The quantitative estimate of drug-likeness (QED) is 0.850. The third-order valence-corrected chi connectivity index (χ3v) is 3.46. The zero-order valence-electron chi connectivity index (χ0n) is 12.1. The molecule has 2 aromatic rings. The molecule has 0 saturated heterocycles.